The van der Waals surface area contributed by atoms with Gasteiger partial charge in [0.25, 0.3) is 0 Å². The van der Waals surface area contributed by atoms with Gasteiger partial charge in [0.1, 0.15) is 5.78 Å². The Morgan fingerprint density at radius 1 is 1.45 bits per heavy atom. The molecule has 1 atom stereocenters. The number of carbonyl (C=O) groups excluding carboxylic acids is 3. The van der Waals surface area contributed by atoms with Crippen molar-refractivity contribution < 1.29 is 14.4 Å². The van der Waals surface area contributed by atoms with Crippen LogP contribution in [0.5, 0.6) is 0 Å². The van der Waals surface area contributed by atoms with Crippen LogP contribution in [0.15, 0.2) is 0 Å². The average molecular weight is 154 g/mol. The van der Waals surface area contributed by atoms with Gasteiger partial charge in [-0.3, -0.25) is 14.4 Å². The molecular weight excluding hydrogens is 144 g/mol. The first-order chi connectivity index (χ1) is 5.13. The summed E-state index contributed by atoms with van der Waals surface area (Å²) >= 11 is 0. The molecule has 1 unspecified atom stereocenters. The fourth-order valence-corrected chi connectivity index (χ4v) is 1.34. The molecule has 1 saturated carbocycles. The van der Waals surface area contributed by atoms with Crippen LogP contribution in [0.25, 0.3) is 0 Å². The molecule has 0 saturated heterocycles. The summed E-state index contributed by atoms with van der Waals surface area (Å²) in [6, 6.07) is 0. The predicted molar refractivity (Wildman–Crippen MR) is 38.0 cm³/mol. The second-order valence-corrected chi connectivity index (χ2v) is 2.83. The monoisotopic (exact) mass is 154 g/mol. The molecule has 0 aliphatic heterocycles. The van der Waals surface area contributed by atoms with Gasteiger partial charge in [0.05, 0.1) is 5.92 Å². The molecule has 0 spiro atoms. The molecule has 0 aromatic carbocycles. The Labute approximate surface area is 64.8 Å². The van der Waals surface area contributed by atoms with Gasteiger partial charge in [0.2, 0.25) is 5.78 Å². The number of hydrogen-bond acceptors (Lipinski definition) is 3. The van der Waals surface area contributed by atoms with Crippen molar-refractivity contribution in [2.75, 3.05) is 0 Å². The average Bonchev–Trinajstić information content (AvgIpc) is 2.33. The van der Waals surface area contributed by atoms with Crippen LogP contribution in [0.1, 0.15) is 26.2 Å². The Hall–Kier alpha value is -0.990. The molecule has 1 rings (SSSR count). The third-order valence-corrected chi connectivity index (χ3v) is 1.97. The normalized spacial score (nSPS) is 23.7. The van der Waals surface area contributed by atoms with Crippen LogP contribution >= 0.6 is 0 Å². The van der Waals surface area contributed by atoms with Crippen molar-refractivity contribution in [1.82, 2.24) is 0 Å². The summed E-state index contributed by atoms with van der Waals surface area (Å²) in [6.07, 6.45) is 1.78. The minimum Gasteiger partial charge on any atom is -0.299 e. The first kappa shape index (κ1) is 8.11. The zero-order chi connectivity index (χ0) is 8.43. The molecule has 0 bridgehead atoms. The smallest absolute Gasteiger partial charge is 0.208 e. The van der Waals surface area contributed by atoms with Gasteiger partial charge in [-0.25, -0.2) is 0 Å². The molecule has 3 nitrogen and oxygen atoms in total. The minimum atomic E-state index is -0.604. The quantitative estimate of drug-likeness (QED) is 0.430. The van der Waals surface area contributed by atoms with E-state index in [2.05, 4.69) is 0 Å². The van der Waals surface area contributed by atoms with E-state index in [4.69, 9.17) is 0 Å². The lowest BCUT2D eigenvalue weighted by Crippen LogP contribution is -2.24. The van der Waals surface area contributed by atoms with Gasteiger partial charge in [-0.1, -0.05) is 0 Å². The first-order valence-electron chi connectivity index (χ1n) is 3.70. The van der Waals surface area contributed by atoms with Crippen molar-refractivity contribution in [3.63, 3.8) is 0 Å². The van der Waals surface area contributed by atoms with Gasteiger partial charge in [0, 0.05) is 13.3 Å². The third kappa shape index (κ3) is 1.53. The van der Waals surface area contributed by atoms with E-state index in [1.54, 1.807) is 0 Å². The van der Waals surface area contributed by atoms with E-state index < -0.39 is 17.5 Å². The molecule has 0 heterocycles. The number of carbonyl (C=O) groups is 3. The second-order valence-electron chi connectivity index (χ2n) is 2.83. The lowest BCUT2D eigenvalue weighted by atomic mass is 9.99. The summed E-state index contributed by atoms with van der Waals surface area (Å²) in [4.78, 5) is 32.5. The molecular formula is C8H10O3. The maximum absolute atomic E-state index is 11.0. The Balaban J connectivity index is 2.67. The standard InChI is InChI=1S/C8H10O3/c1-5(9)8(11)6-3-2-4-7(6)10/h6H,2-4H2,1H3. The molecule has 0 aromatic heterocycles. The van der Waals surface area contributed by atoms with Crippen molar-refractivity contribution in [3.05, 3.63) is 0 Å². The van der Waals surface area contributed by atoms with Gasteiger partial charge in [-0.15, -0.1) is 0 Å². The van der Waals surface area contributed by atoms with E-state index in [9.17, 15) is 14.4 Å². The highest BCUT2D eigenvalue weighted by molar-refractivity contribution is 6.40. The van der Waals surface area contributed by atoms with Crippen molar-refractivity contribution in [1.29, 1.82) is 0 Å². The van der Waals surface area contributed by atoms with Crippen molar-refractivity contribution in [3.8, 4) is 0 Å². The molecule has 0 radical (unpaired) electrons. The van der Waals surface area contributed by atoms with Crippen LogP contribution in [0.3, 0.4) is 0 Å². The van der Waals surface area contributed by atoms with E-state index in [-0.39, 0.29) is 5.78 Å². The first-order valence-corrected chi connectivity index (χ1v) is 3.70. The molecule has 0 aromatic rings. The predicted octanol–water partition coefficient (Wildman–Crippen LogP) is 0.514. The van der Waals surface area contributed by atoms with Crippen LogP contribution in [0, 0.1) is 5.92 Å². The molecule has 1 aliphatic carbocycles. The molecule has 11 heavy (non-hydrogen) atoms. The number of hydrogen-bond donors (Lipinski definition) is 0. The third-order valence-electron chi connectivity index (χ3n) is 1.97. The molecule has 60 valence electrons. The van der Waals surface area contributed by atoms with Gasteiger partial charge in [-0.05, 0) is 12.8 Å². The number of Topliss-reactive ketones (excluding diaryl/α,β-unsaturated/α-hetero) is 3. The van der Waals surface area contributed by atoms with Crippen LogP contribution in [-0.2, 0) is 14.4 Å². The van der Waals surface area contributed by atoms with Crippen LogP contribution in [0.4, 0.5) is 0 Å². The highest BCUT2D eigenvalue weighted by Gasteiger charge is 2.32. The Morgan fingerprint density at radius 3 is 2.45 bits per heavy atom. The van der Waals surface area contributed by atoms with Gasteiger partial charge < -0.3 is 0 Å². The number of rotatable bonds is 2. The topological polar surface area (TPSA) is 51.2 Å². The highest BCUT2D eigenvalue weighted by Crippen LogP contribution is 2.22. The van der Waals surface area contributed by atoms with Crippen molar-refractivity contribution in [2.45, 2.75) is 26.2 Å². The maximum Gasteiger partial charge on any atom is 0.208 e. The zero-order valence-corrected chi connectivity index (χ0v) is 6.42. The molecule has 0 amide bonds. The van der Waals surface area contributed by atoms with E-state index in [0.717, 1.165) is 6.42 Å². The van der Waals surface area contributed by atoms with Gasteiger partial charge in [-0.2, -0.15) is 0 Å². The summed E-state index contributed by atoms with van der Waals surface area (Å²) < 4.78 is 0. The lowest BCUT2D eigenvalue weighted by molar-refractivity contribution is -0.140. The second kappa shape index (κ2) is 2.95. The van der Waals surface area contributed by atoms with Gasteiger partial charge in [0.15, 0.2) is 5.78 Å². The van der Waals surface area contributed by atoms with Crippen molar-refractivity contribution in [2.24, 2.45) is 5.92 Å². The largest absolute Gasteiger partial charge is 0.299 e. The summed E-state index contributed by atoms with van der Waals surface area (Å²) in [5, 5.41) is 0. The fraction of sp³-hybridized carbons (Fsp3) is 0.625. The van der Waals surface area contributed by atoms with Crippen LogP contribution in [-0.4, -0.2) is 17.3 Å². The van der Waals surface area contributed by atoms with E-state index in [0.29, 0.717) is 12.8 Å². The molecule has 1 aliphatic rings. The van der Waals surface area contributed by atoms with Gasteiger partial charge >= 0.3 is 0 Å². The van der Waals surface area contributed by atoms with Crippen LogP contribution in [0.2, 0.25) is 0 Å². The van der Waals surface area contributed by atoms with E-state index >= 15 is 0 Å². The summed E-state index contributed by atoms with van der Waals surface area (Å²) in [6.45, 7) is 1.22. The summed E-state index contributed by atoms with van der Waals surface area (Å²) in [7, 11) is 0. The fourth-order valence-electron chi connectivity index (χ4n) is 1.34. The molecule has 3 heteroatoms. The maximum atomic E-state index is 11.0. The molecule has 0 N–H and O–H groups in total. The zero-order valence-electron chi connectivity index (χ0n) is 6.42. The SMILES string of the molecule is CC(=O)C(=O)C1CCCC1=O. The Kier molecular flexibility index (Phi) is 2.17. The van der Waals surface area contributed by atoms with Crippen molar-refractivity contribution >= 4 is 17.3 Å². The molecule has 1 fully saturated rings. The Bertz CT molecular complexity index is 217. The summed E-state index contributed by atoms with van der Waals surface area (Å²) in [5.41, 5.74) is 0. The number of ketones is 3. The Morgan fingerprint density at radius 2 is 2.09 bits per heavy atom. The van der Waals surface area contributed by atoms with Crippen LogP contribution < -0.4 is 0 Å². The lowest BCUT2D eigenvalue weighted by Gasteiger charge is -2.01. The van der Waals surface area contributed by atoms with E-state index in [1.165, 1.54) is 6.92 Å². The minimum absolute atomic E-state index is 0.0646. The van der Waals surface area contributed by atoms with E-state index in [1.807, 2.05) is 0 Å². The highest BCUT2D eigenvalue weighted by atomic mass is 16.2. The summed E-state index contributed by atoms with van der Waals surface area (Å²) in [5.74, 6) is -1.67.